The number of nitrogens with zero attached hydrogens (tertiary/aromatic N) is 2. The highest BCUT2D eigenvalue weighted by Gasteiger charge is 1.95. The lowest BCUT2D eigenvalue weighted by molar-refractivity contribution is 0.803. The molecule has 2 heteroatoms. The predicted octanol–water partition coefficient (Wildman–Crippen LogP) is 3.90. The van der Waals surface area contributed by atoms with Crippen molar-refractivity contribution in [3.05, 3.63) is 0 Å². The summed E-state index contributed by atoms with van der Waals surface area (Å²) in [7, 11) is 0. The minimum Gasteiger partial charge on any atom is -0.294 e. The first-order valence-corrected chi connectivity index (χ1v) is 6.20. The van der Waals surface area contributed by atoms with E-state index in [1.54, 1.807) is 0 Å². The maximum atomic E-state index is 4.52. The van der Waals surface area contributed by atoms with Gasteiger partial charge in [0.15, 0.2) is 0 Å². The fourth-order valence-electron chi connectivity index (χ4n) is 1.34. The van der Waals surface area contributed by atoms with E-state index in [4.69, 9.17) is 0 Å². The van der Waals surface area contributed by atoms with Gasteiger partial charge < -0.3 is 0 Å². The van der Waals surface area contributed by atoms with E-state index < -0.39 is 0 Å². The molecule has 0 N–H and O–H groups in total. The summed E-state index contributed by atoms with van der Waals surface area (Å²) in [5, 5.41) is 0. The fraction of sp³-hybridized carbons (Fsp3) is 0.846. The second kappa shape index (κ2) is 9.88. The summed E-state index contributed by atoms with van der Waals surface area (Å²) in [6, 6.07) is 0. The minimum atomic E-state index is 0.952. The quantitative estimate of drug-likeness (QED) is 0.429. The summed E-state index contributed by atoms with van der Waals surface area (Å²) in [5.41, 5.74) is 2.45. The van der Waals surface area contributed by atoms with E-state index in [0.717, 1.165) is 19.5 Å². The minimum absolute atomic E-state index is 0.952. The van der Waals surface area contributed by atoms with Crippen LogP contribution in [0.1, 0.15) is 59.8 Å². The molecule has 0 radical (unpaired) electrons. The van der Waals surface area contributed by atoms with Gasteiger partial charge in [-0.3, -0.25) is 9.98 Å². The molecule has 0 bridgehead atoms. The molecule has 0 saturated heterocycles. The molecule has 15 heavy (non-hydrogen) atoms. The molecule has 0 aliphatic heterocycles. The third kappa shape index (κ3) is 9.64. The summed E-state index contributed by atoms with van der Waals surface area (Å²) in [4.78, 5) is 9.04. The molecule has 2 nitrogen and oxygen atoms in total. The van der Waals surface area contributed by atoms with Gasteiger partial charge in [-0.25, -0.2) is 0 Å². The Morgan fingerprint density at radius 1 is 0.800 bits per heavy atom. The molecule has 0 amide bonds. The SMILES string of the molecule is CCCCN=C(C)CC(C)=NCCCC. The summed E-state index contributed by atoms with van der Waals surface area (Å²) in [5.74, 6) is 0. The van der Waals surface area contributed by atoms with Crippen LogP contribution >= 0.6 is 0 Å². The molecule has 88 valence electrons. The number of hydrogen-bond acceptors (Lipinski definition) is 2. The molecule has 0 spiro atoms. The third-order valence-corrected chi connectivity index (χ3v) is 2.30. The Morgan fingerprint density at radius 2 is 1.20 bits per heavy atom. The molecule has 0 heterocycles. The van der Waals surface area contributed by atoms with Crippen LogP contribution in [-0.2, 0) is 0 Å². The van der Waals surface area contributed by atoms with Crippen LogP contribution in [0.25, 0.3) is 0 Å². The Kier molecular flexibility index (Phi) is 9.44. The van der Waals surface area contributed by atoms with Crippen LogP contribution < -0.4 is 0 Å². The van der Waals surface area contributed by atoms with E-state index in [-0.39, 0.29) is 0 Å². The van der Waals surface area contributed by atoms with E-state index in [0.29, 0.717) is 0 Å². The van der Waals surface area contributed by atoms with Crippen LogP contribution in [0.4, 0.5) is 0 Å². The molecule has 0 aliphatic rings. The van der Waals surface area contributed by atoms with Gasteiger partial charge in [-0.05, 0) is 26.7 Å². The maximum absolute atomic E-state index is 4.52. The molecule has 0 aromatic heterocycles. The van der Waals surface area contributed by atoms with E-state index in [9.17, 15) is 0 Å². The molecule has 0 fully saturated rings. The van der Waals surface area contributed by atoms with Gasteiger partial charge in [0.1, 0.15) is 0 Å². The van der Waals surface area contributed by atoms with Crippen LogP contribution in [0, 0.1) is 0 Å². The monoisotopic (exact) mass is 210 g/mol. The molecular formula is C13H26N2. The highest BCUT2D eigenvalue weighted by Crippen LogP contribution is 1.96. The number of rotatable bonds is 8. The van der Waals surface area contributed by atoms with Gasteiger partial charge in [-0.2, -0.15) is 0 Å². The van der Waals surface area contributed by atoms with Crippen molar-refractivity contribution in [3.63, 3.8) is 0 Å². The zero-order valence-corrected chi connectivity index (χ0v) is 10.8. The lowest BCUT2D eigenvalue weighted by Gasteiger charge is -2.01. The average molecular weight is 210 g/mol. The summed E-state index contributed by atoms with van der Waals surface area (Å²) in [6.07, 6.45) is 5.79. The number of unbranched alkanes of at least 4 members (excludes halogenated alkanes) is 2. The summed E-state index contributed by atoms with van der Waals surface area (Å²) >= 11 is 0. The van der Waals surface area contributed by atoms with E-state index >= 15 is 0 Å². The van der Waals surface area contributed by atoms with Gasteiger partial charge in [-0.15, -0.1) is 0 Å². The van der Waals surface area contributed by atoms with Gasteiger partial charge in [0, 0.05) is 30.9 Å². The highest BCUT2D eigenvalue weighted by atomic mass is 14.8. The zero-order valence-electron chi connectivity index (χ0n) is 10.8. The Labute approximate surface area is 94.9 Å². The maximum Gasteiger partial charge on any atom is 0.0388 e. The molecule has 0 atom stereocenters. The smallest absolute Gasteiger partial charge is 0.0388 e. The van der Waals surface area contributed by atoms with Gasteiger partial charge in [0.05, 0.1) is 0 Å². The second-order valence-corrected chi connectivity index (χ2v) is 4.12. The third-order valence-electron chi connectivity index (χ3n) is 2.30. The van der Waals surface area contributed by atoms with Crippen LogP contribution in [-0.4, -0.2) is 24.5 Å². The Hall–Kier alpha value is -0.660. The van der Waals surface area contributed by atoms with Gasteiger partial charge in [-0.1, -0.05) is 26.7 Å². The molecule has 0 saturated carbocycles. The summed E-state index contributed by atoms with van der Waals surface area (Å²) in [6.45, 7) is 10.6. The Morgan fingerprint density at radius 3 is 1.53 bits per heavy atom. The van der Waals surface area contributed by atoms with E-state index in [2.05, 4.69) is 37.7 Å². The van der Waals surface area contributed by atoms with Crippen molar-refractivity contribution < 1.29 is 0 Å². The van der Waals surface area contributed by atoms with Gasteiger partial charge in [0.2, 0.25) is 0 Å². The lowest BCUT2D eigenvalue weighted by Crippen LogP contribution is -2.02. The van der Waals surface area contributed by atoms with E-state index in [1.165, 1.54) is 37.1 Å². The topological polar surface area (TPSA) is 24.7 Å². The van der Waals surface area contributed by atoms with Crippen LogP contribution in [0.2, 0.25) is 0 Å². The van der Waals surface area contributed by atoms with Crippen molar-refractivity contribution in [1.29, 1.82) is 0 Å². The average Bonchev–Trinajstić information content (AvgIpc) is 2.18. The first-order chi connectivity index (χ1) is 7.20. The van der Waals surface area contributed by atoms with Crippen LogP contribution in [0.5, 0.6) is 0 Å². The second-order valence-electron chi connectivity index (χ2n) is 4.12. The Bertz CT molecular complexity index is 183. The fourth-order valence-corrected chi connectivity index (χ4v) is 1.34. The largest absolute Gasteiger partial charge is 0.294 e. The summed E-state index contributed by atoms with van der Waals surface area (Å²) < 4.78 is 0. The molecule has 0 rings (SSSR count). The zero-order chi connectivity index (χ0) is 11.5. The number of hydrogen-bond donors (Lipinski definition) is 0. The van der Waals surface area contributed by atoms with Crippen molar-refractivity contribution in [3.8, 4) is 0 Å². The Balaban J connectivity index is 3.78. The normalized spacial score (nSPS) is 13.3. The standard InChI is InChI=1S/C13H26N2/c1-5-7-9-14-12(3)11-13(4)15-10-8-6-2/h5-11H2,1-4H3. The lowest BCUT2D eigenvalue weighted by atomic mass is 10.2. The molecule has 0 aromatic rings. The van der Waals surface area contributed by atoms with Gasteiger partial charge >= 0.3 is 0 Å². The van der Waals surface area contributed by atoms with Gasteiger partial charge in [0.25, 0.3) is 0 Å². The first kappa shape index (κ1) is 14.3. The molecular weight excluding hydrogens is 184 g/mol. The van der Waals surface area contributed by atoms with Crippen LogP contribution in [0.3, 0.4) is 0 Å². The predicted molar refractivity (Wildman–Crippen MR) is 70.4 cm³/mol. The van der Waals surface area contributed by atoms with Crippen molar-refractivity contribution >= 4 is 11.4 Å². The molecule has 0 aliphatic carbocycles. The van der Waals surface area contributed by atoms with Crippen molar-refractivity contribution in [2.45, 2.75) is 59.8 Å². The van der Waals surface area contributed by atoms with Crippen LogP contribution in [0.15, 0.2) is 9.98 Å². The van der Waals surface area contributed by atoms with Crippen molar-refractivity contribution in [2.75, 3.05) is 13.1 Å². The van der Waals surface area contributed by atoms with Crippen molar-refractivity contribution in [1.82, 2.24) is 0 Å². The number of aliphatic imine (C=N–C) groups is 2. The molecule has 0 unspecified atom stereocenters. The molecule has 0 aromatic carbocycles. The highest BCUT2D eigenvalue weighted by molar-refractivity contribution is 6.02. The first-order valence-electron chi connectivity index (χ1n) is 6.20. The van der Waals surface area contributed by atoms with Crippen molar-refractivity contribution in [2.24, 2.45) is 9.98 Å². The van der Waals surface area contributed by atoms with E-state index in [1.807, 2.05) is 0 Å².